The van der Waals surface area contributed by atoms with Crippen molar-refractivity contribution in [3.8, 4) is 124 Å². The zero-order valence-corrected chi connectivity index (χ0v) is 60.6. The van der Waals surface area contributed by atoms with Gasteiger partial charge in [-0.25, -0.2) is 24.9 Å². The Kier molecular flexibility index (Phi) is 15.1. The summed E-state index contributed by atoms with van der Waals surface area (Å²) in [5.41, 5.74) is 26.5. The fraction of sp³-hybridized carbons (Fsp3) is 0. The molecule has 0 aliphatic heterocycles. The number of hydrogen-bond donors (Lipinski definition) is 0. The summed E-state index contributed by atoms with van der Waals surface area (Å²) < 4.78 is 9.59. The van der Waals surface area contributed by atoms with E-state index in [1.165, 1.54) is 32.3 Å². The molecule has 112 heavy (non-hydrogen) atoms. The molecule has 0 aliphatic rings. The Morgan fingerprint density at radius 1 is 0.161 bits per heavy atom. The molecule has 0 saturated heterocycles. The summed E-state index contributed by atoms with van der Waals surface area (Å²) in [7, 11) is 0. The van der Waals surface area contributed by atoms with Crippen LogP contribution >= 0.6 is 0 Å². The van der Waals surface area contributed by atoms with Gasteiger partial charge >= 0.3 is 0 Å². The van der Waals surface area contributed by atoms with Crippen LogP contribution in [0.3, 0.4) is 0 Å². The molecule has 9 heteroatoms. The van der Waals surface area contributed by atoms with Crippen molar-refractivity contribution in [3.63, 3.8) is 0 Å². The van der Waals surface area contributed by atoms with Gasteiger partial charge in [0.1, 0.15) is 0 Å². The lowest BCUT2D eigenvalue weighted by Crippen LogP contribution is -2.08. The van der Waals surface area contributed by atoms with Crippen molar-refractivity contribution in [2.45, 2.75) is 0 Å². The van der Waals surface area contributed by atoms with Crippen molar-refractivity contribution in [3.05, 3.63) is 394 Å². The first-order valence-corrected chi connectivity index (χ1v) is 38.0. The third-order valence-corrected chi connectivity index (χ3v) is 22.3. The quantitative estimate of drug-likeness (QED) is 0.115. The predicted octanol–water partition coefficient (Wildman–Crippen LogP) is 26.1. The summed E-state index contributed by atoms with van der Waals surface area (Å²) in [6, 6.07) is 141. The molecule has 22 aromatic rings. The number of hydrogen-bond acceptors (Lipinski definition) is 5. The molecule has 0 fully saturated rings. The fourth-order valence-electron chi connectivity index (χ4n) is 17.1. The van der Waals surface area contributed by atoms with Gasteiger partial charge in [-0.15, -0.1) is 0 Å². The van der Waals surface area contributed by atoms with E-state index >= 15 is 0 Å². The lowest BCUT2D eigenvalue weighted by molar-refractivity contribution is 1.05. The van der Waals surface area contributed by atoms with Gasteiger partial charge in [-0.05, 0) is 124 Å². The highest BCUT2D eigenvalue weighted by Crippen LogP contribution is 2.45. The Morgan fingerprint density at radius 3 is 0.902 bits per heavy atom. The maximum Gasteiger partial charge on any atom is 0.166 e. The van der Waals surface area contributed by atoms with E-state index in [2.05, 4.69) is 407 Å². The number of aromatic nitrogens is 9. The smallest absolute Gasteiger partial charge is 0.166 e. The Labute approximate surface area is 644 Å². The molecule has 0 atom stereocenters. The fourth-order valence-corrected chi connectivity index (χ4v) is 17.1. The third kappa shape index (κ3) is 10.7. The van der Waals surface area contributed by atoms with Gasteiger partial charge < -0.3 is 18.3 Å². The maximum atomic E-state index is 5.63. The number of para-hydroxylation sites is 9. The van der Waals surface area contributed by atoms with Crippen LogP contribution in [-0.2, 0) is 0 Å². The minimum atomic E-state index is 0.553. The molecule has 0 saturated carbocycles. The molecule has 522 valence electrons. The SMILES string of the molecule is c1ccc(-c2ccc(-c3nc(-c4ccc(-c5cccc(-c6ccc(-c7cc(-c8ccccc8)nc(-c8cc(-n9c%10ccccc%10c%10ccccc%109)ccc8-n8c9ccccc9c9ccccc98)n7)cc6)c5)cc4)nc(-c4cccc(-n5c6ccccc6c6ccccc65)c4-n4c5ccccc5c5ccccc54)n3)cc2)cc1. The Bertz CT molecular complexity index is 7260. The van der Waals surface area contributed by atoms with Crippen molar-refractivity contribution in [2.75, 3.05) is 0 Å². The van der Waals surface area contributed by atoms with Crippen molar-refractivity contribution in [2.24, 2.45) is 0 Å². The van der Waals surface area contributed by atoms with Crippen LogP contribution in [0.15, 0.2) is 394 Å². The summed E-state index contributed by atoms with van der Waals surface area (Å²) in [6.45, 7) is 0. The van der Waals surface area contributed by atoms with Gasteiger partial charge in [-0.1, -0.05) is 303 Å². The van der Waals surface area contributed by atoms with Crippen LogP contribution in [0.1, 0.15) is 0 Å². The van der Waals surface area contributed by atoms with Crippen LogP contribution in [-0.4, -0.2) is 43.2 Å². The summed E-state index contributed by atoms with van der Waals surface area (Å²) >= 11 is 0. The molecular weight excluding hydrogens is 1360 g/mol. The van der Waals surface area contributed by atoms with Gasteiger partial charge in [0, 0.05) is 82.2 Å². The van der Waals surface area contributed by atoms with Gasteiger partial charge in [0.2, 0.25) is 0 Å². The van der Waals surface area contributed by atoms with Crippen LogP contribution in [0.5, 0.6) is 0 Å². The number of fused-ring (bicyclic) bond motifs is 12. The highest BCUT2D eigenvalue weighted by atomic mass is 15.1. The van der Waals surface area contributed by atoms with Gasteiger partial charge in [-0.2, -0.15) is 0 Å². The molecule has 0 bridgehead atoms. The molecule has 22 rings (SSSR count). The van der Waals surface area contributed by atoms with Crippen LogP contribution in [0.4, 0.5) is 0 Å². The average Bonchev–Trinajstić information content (AvgIpc) is 1.55. The van der Waals surface area contributed by atoms with Gasteiger partial charge in [0.15, 0.2) is 23.3 Å². The van der Waals surface area contributed by atoms with E-state index in [-0.39, 0.29) is 0 Å². The second kappa shape index (κ2) is 26.3. The second-order valence-electron chi connectivity index (χ2n) is 28.7. The molecule has 0 unspecified atom stereocenters. The molecule has 0 N–H and O–H groups in total. The van der Waals surface area contributed by atoms with Gasteiger partial charge in [-0.3, -0.25) is 0 Å². The van der Waals surface area contributed by atoms with E-state index in [0.29, 0.717) is 23.3 Å². The molecule has 6 aromatic heterocycles. The molecule has 0 spiro atoms. The van der Waals surface area contributed by atoms with E-state index in [1.54, 1.807) is 0 Å². The van der Waals surface area contributed by atoms with Crippen LogP contribution in [0, 0.1) is 0 Å². The normalized spacial score (nSPS) is 11.8. The monoisotopic (exact) mass is 1430 g/mol. The summed E-state index contributed by atoms with van der Waals surface area (Å²) in [4.78, 5) is 27.7. The van der Waals surface area contributed by atoms with Gasteiger partial charge in [0.25, 0.3) is 0 Å². The highest BCUT2D eigenvalue weighted by molar-refractivity contribution is 6.14. The molecular formula is C103H65N9. The molecule has 0 amide bonds. The Hall–Kier alpha value is -15.2. The summed E-state index contributed by atoms with van der Waals surface area (Å²) in [5.74, 6) is 2.30. The molecule has 0 radical (unpaired) electrons. The number of rotatable bonds is 13. The van der Waals surface area contributed by atoms with E-state index in [9.17, 15) is 0 Å². The molecule has 6 heterocycles. The van der Waals surface area contributed by atoms with Crippen LogP contribution in [0.25, 0.3) is 211 Å². The standard InChI is InChI=1S/C103H65N9/c1-3-25-66(26-4-1)67-51-57-72(58-52-67)100-106-101(108-102(107-100)85-39-24-48-98(111-93-44-19-11-35-81(93)82-36-12-20-45-94(82)111)99(85)112-95-46-21-13-37-83(95)84-38-14-22-47-96(84)112)73-59-53-69(54-60-73)75-30-23-29-74(63-75)68-49-55-71(56-50-68)88-65-87(70-27-5-2-6-28-70)104-103(105-88)86-64-76(109-89-40-15-7-31-77(89)78-32-8-16-41-90(78)109)61-62-97(86)110-91-42-17-9-33-79(91)80-34-10-18-43-92(80)110/h1-65H. The van der Waals surface area contributed by atoms with E-state index < -0.39 is 0 Å². The summed E-state index contributed by atoms with van der Waals surface area (Å²) in [5, 5.41) is 9.44. The maximum absolute atomic E-state index is 5.63. The first-order valence-electron chi connectivity index (χ1n) is 38.0. The van der Waals surface area contributed by atoms with E-state index in [1.807, 2.05) is 6.07 Å². The lowest BCUT2D eigenvalue weighted by Gasteiger charge is -2.20. The second-order valence-corrected chi connectivity index (χ2v) is 28.7. The topological polar surface area (TPSA) is 84.2 Å². The van der Waals surface area contributed by atoms with E-state index in [4.69, 9.17) is 24.9 Å². The molecule has 0 aliphatic carbocycles. The Balaban J connectivity index is 0.650. The number of benzene rings is 16. The van der Waals surface area contributed by atoms with Crippen molar-refractivity contribution in [1.29, 1.82) is 0 Å². The van der Waals surface area contributed by atoms with Crippen molar-refractivity contribution in [1.82, 2.24) is 43.2 Å². The summed E-state index contributed by atoms with van der Waals surface area (Å²) in [6.07, 6.45) is 0. The van der Waals surface area contributed by atoms with Crippen molar-refractivity contribution < 1.29 is 0 Å². The third-order valence-electron chi connectivity index (χ3n) is 22.3. The van der Waals surface area contributed by atoms with Crippen LogP contribution in [0.2, 0.25) is 0 Å². The largest absolute Gasteiger partial charge is 0.309 e. The molecule has 16 aromatic carbocycles. The predicted molar refractivity (Wildman–Crippen MR) is 462 cm³/mol. The minimum absolute atomic E-state index is 0.553. The lowest BCUT2D eigenvalue weighted by atomic mass is 9.97. The highest BCUT2D eigenvalue weighted by Gasteiger charge is 2.27. The van der Waals surface area contributed by atoms with Gasteiger partial charge in [0.05, 0.1) is 72.6 Å². The van der Waals surface area contributed by atoms with Crippen LogP contribution < -0.4 is 0 Å². The van der Waals surface area contributed by atoms with E-state index in [0.717, 1.165) is 156 Å². The zero-order chi connectivity index (χ0) is 73.7. The minimum Gasteiger partial charge on any atom is -0.309 e. The molecule has 9 nitrogen and oxygen atoms in total. The van der Waals surface area contributed by atoms with Crippen molar-refractivity contribution >= 4 is 87.2 Å². The zero-order valence-electron chi connectivity index (χ0n) is 60.6. The first kappa shape index (κ1) is 64.0. The average molecular weight is 1430 g/mol. The Morgan fingerprint density at radius 2 is 0.464 bits per heavy atom. The first-order chi connectivity index (χ1) is 55.5. The number of nitrogens with zero attached hydrogens (tertiary/aromatic N) is 9.